The Kier molecular flexibility index (Phi) is 5.58. The van der Waals surface area contributed by atoms with E-state index in [0.29, 0.717) is 50.1 Å². The monoisotopic (exact) mass is 428 g/mol. The fourth-order valence-electron chi connectivity index (χ4n) is 5.30. The number of aromatic nitrogens is 2. The van der Waals surface area contributed by atoms with E-state index in [9.17, 15) is 14.4 Å². The first-order chi connectivity index (χ1) is 15.0. The lowest BCUT2D eigenvalue weighted by Crippen LogP contribution is -2.44. The van der Waals surface area contributed by atoms with Crippen molar-refractivity contribution in [2.24, 2.45) is 17.8 Å². The molecule has 1 saturated carbocycles. The van der Waals surface area contributed by atoms with Crippen LogP contribution in [0.4, 0.5) is 0 Å². The van der Waals surface area contributed by atoms with Gasteiger partial charge in [0.05, 0.1) is 17.8 Å². The Hall–Kier alpha value is -2.22. The summed E-state index contributed by atoms with van der Waals surface area (Å²) in [4.78, 5) is 49.8. The molecule has 0 spiro atoms. The molecule has 3 fully saturated rings. The highest BCUT2D eigenvalue weighted by atomic mass is 16.5. The van der Waals surface area contributed by atoms with E-state index in [0.717, 1.165) is 56.7 Å². The molecule has 4 heterocycles. The summed E-state index contributed by atoms with van der Waals surface area (Å²) in [5.74, 6) is 2.13. The summed E-state index contributed by atoms with van der Waals surface area (Å²) in [5, 5.41) is 0. The molecule has 2 saturated heterocycles. The fourth-order valence-corrected chi connectivity index (χ4v) is 5.30. The van der Waals surface area contributed by atoms with Crippen molar-refractivity contribution in [1.29, 1.82) is 0 Å². The fraction of sp³-hybridized carbons (Fsp3) is 0.739. The van der Waals surface area contributed by atoms with Gasteiger partial charge < -0.3 is 19.5 Å². The van der Waals surface area contributed by atoms with E-state index in [1.165, 1.54) is 0 Å². The molecule has 0 radical (unpaired) electrons. The number of piperidine rings is 1. The minimum absolute atomic E-state index is 0.00753. The smallest absolute Gasteiger partial charge is 0.256 e. The van der Waals surface area contributed by atoms with E-state index in [4.69, 9.17) is 9.72 Å². The van der Waals surface area contributed by atoms with Gasteiger partial charge in [-0.25, -0.2) is 4.98 Å². The maximum Gasteiger partial charge on any atom is 0.256 e. The van der Waals surface area contributed by atoms with Crippen LogP contribution in [0.25, 0.3) is 0 Å². The number of hydrogen-bond acceptors (Lipinski definition) is 5. The number of carbonyl (C=O) groups is 2. The van der Waals surface area contributed by atoms with Crippen molar-refractivity contribution in [3.8, 4) is 0 Å². The van der Waals surface area contributed by atoms with Crippen molar-refractivity contribution in [2.45, 2.75) is 57.9 Å². The number of hydrogen-bond donors (Lipinski definition) is 1. The molecule has 5 rings (SSSR count). The molecule has 8 heteroatoms. The lowest BCUT2D eigenvalue weighted by molar-refractivity contribution is -0.139. The average molecular weight is 429 g/mol. The quantitative estimate of drug-likeness (QED) is 0.786. The number of fused-ring (bicyclic) bond motifs is 1. The summed E-state index contributed by atoms with van der Waals surface area (Å²) in [6, 6.07) is 0. The van der Waals surface area contributed by atoms with Crippen LogP contribution >= 0.6 is 0 Å². The van der Waals surface area contributed by atoms with Crippen molar-refractivity contribution in [3.05, 3.63) is 27.4 Å². The van der Waals surface area contributed by atoms with Gasteiger partial charge in [0.15, 0.2) is 0 Å². The standard InChI is InChI=1S/C23H32N4O4/c1-14-12-17(14)23(30)26-7-2-15(3-8-26)20-24-19-4-9-27(13-18(19)21(28)25-20)22(29)16-5-10-31-11-6-16/h14-17H,2-13H2,1H3,(H,24,25,28)/t14-,17+/m0/s1. The Morgan fingerprint density at radius 2 is 1.74 bits per heavy atom. The van der Waals surface area contributed by atoms with Crippen LogP contribution in [0.1, 0.15) is 62.0 Å². The Bertz CT molecular complexity index is 915. The summed E-state index contributed by atoms with van der Waals surface area (Å²) in [7, 11) is 0. The maximum atomic E-state index is 12.9. The maximum absolute atomic E-state index is 12.9. The van der Waals surface area contributed by atoms with Crippen LogP contribution in [-0.4, -0.2) is 64.4 Å². The topological polar surface area (TPSA) is 95.6 Å². The number of nitrogens with one attached hydrogen (secondary N) is 1. The molecule has 8 nitrogen and oxygen atoms in total. The van der Waals surface area contributed by atoms with Gasteiger partial charge in [-0.3, -0.25) is 14.4 Å². The first-order valence-corrected chi connectivity index (χ1v) is 11.8. The zero-order valence-electron chi connectivity index (χ0n) is 18.3. The van der Waals surface area contributed by atoms with E-state index in [1.807, 2.05) is 9.80 Å². The van der Waals surface area contributed by atoms with E-state index in [2.05, 4.69) is 11.9 Å². The van der Waals surface area contributed by atoms with Crippen LogP contribution in [0.3, 0.4) is 0 Å². The third-order valence-electron chi connectivity index (χ3n) is 7.59. The van der Waals surface area contributed by atoms with Crippen LogP contribution in [0.5, 0.6) is 0 Å². The molecule has 1 aromatic heterocycles. The zero-order chi connectivity index (χ0) is 21.5. The first-order valence-electron chi connectivity index (χ1n) is 11.8. The summed E-state index contributed by atoms with van der Waals surface area (Å²) in [6.45, 7) is 5.84. The molecule has 2 atom stereocenters. The van der Waals surface area contributed by atoms with Crippen LogP contribution in [-0.2, 0) is 27.3 Å². The largest absolute Gasteiger partial charge is 0.381 e. The Balaban J connectivity index is 1.23. The normalized spacial score (nSPS) is 27.1. The number of likely N-dealkylation sites (tertiary alicyclic amines) is 1. The van der Waals surface area contributed by atoms with Gasteiger partial charge in [-0.15, -0.1) is 0 Å². The minimum Gasteiger partial charge on any atom is -0.381 e. The number of H-pyrrole nitrogens is 1. The third-order valence-corrected chi connectivity index (χ3v) is 7.59. The van der Waals surface area contributed by atoms with Crippen molar-refractivity contribution in [1.82, 2.24) is 19.8 Å². The molecule has 0 aromatic carbocycles. The van der Waals surface area contributed by atoms with E-state index in [1.54, 1.807) is 0 Å². The highest BCUT2D eigenvalue weighted by Gasteiger charge is 2.42. The molecular formula is C23H32N4O4. The minimum atomic E-state index is -0.116. The zero-order valence-corrected chi connectivity index (χ0v) is 18.3. The molecule has 2 amide bonds. The number of amides is 2. The SMILES string of the molecule is C[C@H]1C[C@H]1C(=O)N1CCC(c2nc3c(c(=O)[nH]2)CN(C(=O)C2CCOCC2)CC3)CC1. The molecule has 0 bridgehead atoms. The summed E-state index contributed by atoms with van der Waals surface area (Å²) < 4.78 is 5.36. The first kappa shape index (κ1) is 20.7. The van der Waals surface area contributed by atoms with Gasteiger partial charge >= 0.3 is 0 Å². The summed E-state index contributed by atoms with van der Waals surface area (Å²) >= 11 is 0. The molecule has 0 unspecified atom stereocenters. The highest BCUT2D eigenvalue weighted by molar-refractivity contribution is 5.81. The Labute approximate surface area is 182 Å². The second-order valence-electron chi connectivity index (χ2n) is 9.69. The molecule has 4 aliphatic rings. The number of nitrogens with zero attached hydrogens (tertiary/aromatic N) is 3. The number of ether oxygens (including phenoxy) is 1. The van der Waals surface area contributed by atoms with Crippen LogP contribution < -0.4 is 5.56 Å². The van der Waals surface area contributed by atoms with Gasteiger partial charge in [-0.2, -0.15) is 0 Å². The lowest BCUT2D eigenvalue weighted by atomic mass is 9.94. The summed E-state index contributed by atoms with van der Waals surface area (Å²) in [6.07, 6.45) is 4.84. The molecule has 1 aromatic rings. The number of aromatic amines is 1. The van der Waals surface area contributed by atoms with Gasteiger partial charge in [-0.05, 0) is 38.0 Å². The predicted octanol–water partition coefficient (Wildman–Crippen LogP) is 1.44. The molecule has 1 N–H and O–H groups in total. The molecule has 1 aliphatic carbocycles. The van der Waals surface area contributed by atoms with Crippen LogP contribution in [0.15, 0.2) is 4.79 Å². The van der Waals surface area contributed by atoms with Crippen molar-refractivity contribution >= 4 is 11.8 Å². The van der Waals surface area contributed by atoms with Gasteiger partial charge in [0.25, 0.3) is 5.56 Å². The van der Waals surface area contributed by atoms with Crippen LogP contribution in [0.2, 0.25) is 0 Å². The molecular weight excluding hydrogens is 396 g/mol. The Morgan fingerprint density at radius 1 is 1.03 bits per heavy atom. The molecule has 3 aliphatic heterocycles. The number of carbonyl (C=O) groups excluding carboxylic acids is 2. The highest BCUT2D eigenvalue weighted by Crippen LogP contribution is 2.40. The van der Waals surface area contributed by atoms with Gasteiger partial charge in [0.1, 0.15) is 5.82 Å². The van der Waals surface area contributed by atoms with Gasteiger partial charge in [-0.1, -0.05) is 6.92 Å². The molecule has 168 valence electrons. The van der Waals surface area contributed by atoms with Crippen molar-refractivity contribution < 1.29 is 14.3 Å². The lowest BCUT2D eigenvalue weighted by Gasteiger charge is -2.34. The van der Waals surface area contributed by atoms with E-state index < -0.39 is 0 Å². The second kappa shape index (κ2) is 8.37. The average Bonchev–Trinajstić information content (AvgIpc) is 3.55. The van der Waals surface area contributed by atoms with E-state index >= 15 is 0 Å². The van der Waals surface area contributed by atoms with Gasteiger partial charge in [0, 0.05) is 57.0 Å². The predicted molar refractivity (Wildman–Crippen MR) is 113 cm³/mol. The number of rotatable bonds is 3. The second-order valence-corrected chi connectivity index (χ2v) is 9.69. The Morgan fingerprint density at radius 3 is 2.42 bits per heavy atom. The van der Waals surface area contributed by atoms with Gasteiger partial charge in [0.2, 0.25) is 11.8 Å². The van der Waals surface area contributed by atoms with E-state index in [-0.39, 0.29) is 29.2 Å². The summed E-state index contributed by atoms with van der Waals surface area (Å²) in [5.41, 5.74) is 1.35. The van der Waals surface area contributed by atoms with Crippen molar-refractivity contribution in [3.63, 3.8) is 0 Å². The third kappa shape index (κ3) is 4.14. The van der Waals surface area contributed by atoms with Crippen molar-refractivity contribution in [2.75, 3.05) is 32.8 Å². The molecule has 31 heavy (non-hydrogen) atoms. The van der Waals surface area contributed by atoms with Crippen LogP contribution in [0, 0.1) is 17.8 Å².